The largest absolute Gasteiger partial charge is 0.476 e. The molecule has 0 heterocycles. The second kappa shape index (κ2) is 2.82. The zero-order chi connectivity index (χ0) is 7.56. The van der Waals surface area contributed by atoms with E-state index in [0.29, 0.717) is 5.92 Å². The monoisotopic (exact) mass is 142 g/mol. The lowest BCUT2D eigenvalue weighted by Crippen LogP contribution is -2.21. The van der Waals surface area contributed by atoms with E-state index in [9.17, 15) is 9.59 Å². The van der Waals surface area contributed by atoms with Crippen LogP contribution in [0.2, 0.25) is 0 Å². The highest BCUT2D eigenvalue weighted by molar-refractivity contribution is 6.32. The number of Topliss-reactive ketones (excluding diaryl/α,β-unsaturated/α-hetero) is 1. The molecule has 0 aromatic heterocycles. The van der Waals surface area contributed by atoms with Crippen molar-refractivity contribution in [2.24, 2.45) is 5.92 Å². The van der Waals surface area contributed by atoms with Gasteiger partial charge < -0.3 is 5.11 Å². The average Bonchev–Trinajstić information content (AvgIpc) is 1.77. The zero-order valence-corrected chi connectivity index (χ0v) is 5.67. The van der Waals surface area contributed by atoms with Gasteiger partial charge >= 0.3 is 5.97 Å². The van der Waals surface area contributed by atoms with Crippen molar-refractivity contribution in [2.75, 3.05) is 0 Å². The number of carbonyl (C=O) groups excluding carboxylic acids is 1. The van der Waals surface area contributed by atoms with Gasteiger partial charge in [0.25, 0.3) is 0 Å². The molecule has 0 aromatic rings. The van der Waals surface area contributed by atoms with Crippen LogP contribution in [0.25, 0.3) is 0 Å². The van der Waals surface area contributed by atoms with Gasteiger partial charge in [-0.15, -0.1) is 0 Å². The van der Waals surface area contributed by atoms with Crippen LogP contribution in [0.5, 0.6) is 0 Å². The summed E-state index contributed by atoms with van der Waals surface area (Å²) in [4.78, 5) is 20.6. The van der Waals surface area contributed by atoms with Crippen LogP contribution in [0.4, 0.5) is 0 Å². The SMILES string of the molecule is O=C(O)C(=O)CC1CCC1. The number of ketones is 1. The maximum Gasteiger partial charge on any atom is 0.372 e. The molecule has 0 radical (unpaired) electrons. The van der Waals surface area contributed by atoms with Crippen molar-refractivity contribution in [1.82, 2.24) is 0 Å². The molecule has 1 rings (SSSR count). The Balaban J connectivity index is 2.23. The first kappa shape index (κ1) is 7.25. The molecular formula is C7H10O3. The predicted octanol–water partition coefficient (Wildman–Crippen LogP) is 0.830. The summed E-state index contributed by atoms with van der Waals surface area (Å²) in [6, 6.07) is 0. The maximum absolute atomic E-state index is 10.5. The molecule has 3 heteroatoms. The molecule has 1 aliphatic rings. The van der Waals surface area contributed by atoms with Crippen LogP contribution in [0.15, 0.2) is 0 Å². The Morgan fingerprint density at radius 3 is 2.30 bits per heavy atom. The number of hydrogen-bond donors (Lipinski definition) is 1. The zero-order valence-electron chi connectivity index (χ0n) is 5.67. The highest BCUT2D eigenvalue weighted by atomic mass is 16.4. The van der Waals surface area contributed by atoms with Crippen LogP contribution in [0.3, 0.4) is 0 Å². The van der Waals surface area contributed by atoms with Crippen LogP contribution in [0.1, 0.15) is 25.7 Å². The molecule has 10 heavy (non-hydrogen) atoms. The molecule has 1 fully saturated rings. The molecule has 56 valence electrons. The molecule has 0 amide bonds. The first-order valence-corrected chi connectivity index (χ1v) is 3.46. The average molecular weight is 142 g/mol. The second-order valence-corrected chi connectivity index (χ2v) is 2.73. The van der Waals surface area contributed by atoms with Crippen molar-refractivity contribution in [1.29, 1.82) is 0 Å². The highest BCUT2D eigenvalue weighted by Gasteiger charge is 2.23. The van der Waals surface area contributed by atoms with E-state index in [1.807, 2.05) is 0 Å². The molecule has 3 nitrogen and oxygen atoms in total. The van der Waals surface area contributed by atoms with E-state index in [-0.39, 0.29) is 6.42 Å². The van der Waals surface area contributed by atoms with Gasteiger partial charge in [0.15, 0.2) is 0 Å². The van der Waals surface area contributed by atoms with Crippen molar-refractivity contribution in [3.05, 3.63) is 0 Å². The molecule has 0 bridgehead atoms. The Bertz CT molecular complexity index is 158. The van der Waals surface area contributed by atoms with E-state index in [4.69, 9.17) is 5.11 Å². The molecule has 1 saturated carbocycles. The van der Waals surface area contributed by atoms with Crippen LogP contribution < -0.4 is 0 Å². The molecule has 0 unspecified atom stereocenters. The Morgan fingerprint density at radius 2 is 2.00 bits per heavy atom. The summed E-state index contributed by atoms with van der Waals surface area (Å²) in [6.45, 7) is 0. The number of carboxylic acid groups (broad SMARTS) is 1. The predicted molar refractivity (Wildman–Crippen MR) is 34.6 cm³/mol. The second-order valence-electron chi connectivity index (χ2n) is 2.73. The molecule has 1 N–H and O–H groups in total. The van der Waals surface area contributed by atoms with Crippen molar-refractivity contribution >= 4 is 11.8 Å². The van der Waals surface area contributed by atoms with Crippen molar-refractivity contribution in [2.45, 2.75) is 25.7 Å². The summed E-state index contributed by atoms with van der Waals surface area (Å²) in [5, 5.41) is 8.20. The molecular weight excluding hydrogens is 132 g/mol. The quantitative estimate of drug-likeness (QED) is 0.594. The summed E-state index contributed by atoms with van der Waals surface area (Å²) >= 11 is 0. The first-order valence-electron chi connectivity index (χ1n) is 3.46. The minimum Gasteiger partial charge on any atom is -0.476 e. The summed E-state index contributed by atoms with van der Waals surface area (Å²) < 4.78 is 0. The Morgan fingerprint density at radius 1 is 1.40 bits per heavy atom. The Labute approximate surface area is 59.0 Å². The first-order chi connectivity index (χ1) is 4.70. The highest BCUT2D eigenvalue weighted by Crippen LogP contribution is 2.29. The van der Waals surface area contributed by atoms with Gasteiger partial charge in [0.1, 0.15) is 0 Å². The summed E-state index contributed by atoms with van der Waals surface area (Å²) in [7, 11) is 0. The van der Waals surface area contributed by atoms with Crippen LogP contribution >= 0.6 is 0 Å². The van der Waals surface area contributed by atoms with Crippen molar-refractivity contribution in [3.8, 4) is 0 Å². The third-order valence-corrected chi connectivity index (χ3v) is 1.94. The lowest BCUT2D eigenvalue weighted by Gasteiger charge is -2.23. The molecule has 0 spiro atoms. The van der Waals surface area contributed by atoms with Gasteiger partial charge in [0, 0.05) is 6.42 Å². The number of rotatable bonds is 3. The molecule has 0 atom stereocenters. The standard InChI is InChI=1S/C7H10O3/c8-6(7(9)10)4-5-2-1-3-5/h5H,1-4H2,(H,9,10). The fourth-order valence-electron chi connectivity index (χ4n) is 1.05. The Hall–Kier alpha value is -0.860. The lowest BCUT2D eigenvalue weighted by atomic mass is 9.82. The van der Waals surface area contributed by atoms with Crippen LogP contribution in [0, 0.1) is 5.92 Å². The minimum absolute atomic E-state index is 0.245. The van der Waals surface area contributed by atoms with Gasteiger partial charge in [0.05, 0.1) is 0 Å². The molecule has 1 aliphatic carbocycles. The summed E-state index contributed by atoms with van der Waals surface area (Å²) in [5.41, 5.74) is 0. The normalized spacial score (nSPS) is 18.0. The van der Waals surface area contributed by atoms with Crippen molar-refractivity contribution in [3.63, 3.8) is 0 Å². The molecule has 0 aliphatic heterocycles. The summed E-state index contributed by atoms with van der Waals surface area (Å²) in [5.74, 6) is -1.56. The minimum atomic E-state index is -1.29. The number of carbonyl (C=O) groups is 2. The van der Waals surface area contributed by atoms with Gasteiger partial charge in [-0.3, -0.25) is 4.79 Å². The molecule has 0 aromatic carbocycles. The van der Waals surface area contributed by atoms with Crippen molar-refractivity contribution < 1.29 is 14.7 Å². The fourth-order valence-corrected chi connectivity index (χ4v) is 1.05. The van der Waals surface area contributed by atoms with Gasteiger partial charge in [0.2, 0.25) is 5.78 Å². The van der Waals surface area contributed by atoms with E-state index >= 15 is 0 Å². The third kappa shape index (κ3) is 1.56. The molecule has 0 saturated heterocycles. The van der Waals surface area contributed by atoms with Gasteiger partial charge in [-0.25, -0.2) is 4.79 Å². The topological polar surface area (TPSA) is 54.4 Å². The maximum atomic E-state index is 10.5. The van der Waals surface area contributed by atoms with E-state index in [1.54, 1.807) is 0 Å². The van der Waals surface area contributed by atoms with E-state index < -0.39 is 11.8 Å². The fraction of sp³-hybridized carbons (Fsp3) is 0.714. The van der Waals surface area contributed by atoms with Gasteiger partial charge in [-0.1, -0.05) is 6.42 Å². The van der Waals surface area contributed by atoms with Crippen LogP contribution in [-0.4, -0.2) is 16.9 Å². The third-order valence-electron chi connectivity index (χ3n) is 1.94. The Kier molecular flexibility index (Phi) is 2.04. The van der Waals surface area contributed by atoms with Gasteiger partial charge in [-0.05, 0) is 18.8 Å². The van der Waals surface area contributed by atoms with E-state index in [1.165, 1.54) is 0 Å². The van der Waals surface area contributed by atoms with E-state index in [2.05, 4.69) is 0 Å². The summed E-state index contributed by atoms with van der Waals surface area (Å²) in [6.07, 6.45) is 3.45. The number of aliphatic carboxylic acids is 1. The number of carboxylic acids is 1. The smallest absolute Gasteiger partial charge is 0.372 e. The van der Waals surface area contributed by atoms with Gasteiger partial charge in [-0.2, -0.15) is 0 Å². The number of hydrogen-bond acceptors (Lipinski definition) is 2. The van der Waals surface area contributed by atoms with Crippen LogP contribution in [-0.2, 0) is 9.59 Å². The van der Waals surface area contributed by atoms with E-state index in [0.717, 1.165) is 19.3 Å². The lowest BCUT2D eigenvalue weighted by molar-refractivity contribution is -0.149.